The summed E-state index contributed by atoms with van der Waals surface area (Å²) >= 11 is 0. The van der Waals surface area contributed by atoms with E-state index >= 15 is 0 Å². The van der Waals surface area contributed by atoms with Gasteiger partial charge in [0.25, 0.3) is 0 Å². The lowest BCUT2D eigenvalue weighted by atomic mass is 9.57. The number of rotatable bonds is 5. The van der Waals surface area contributed by atoms with Gasteiger partial charge in [0.05, 0.1) is 12.5 Å². The van der Waals surface area contributed by atoms with Crippen LogP contribution < -0.4 is 5.32 Å². The van der Waals surface area contributed by atoms with Gasteiger partial charge in [0.2, 0.25) is 0 Å². The van der Waals surface area contributed by atoms with Gasteiger partial charge in [-0.25, -0.2) is 9.18 Å². The topological polar surface area (TPSA) is 64.6 Å². The Hall–Kier alpha value is -3.15. The van der Waals surface area contributed by atoms with Gasteiger partial charge in [-0.15, -0.1) is 0 Å². The van der Waals surface area contributed by atoms with Crippen molar-refractivity contribution in [3.63, 3.8) is 0 Å². The van der Waals surface area contributed by atoms with Crippen LogP contribution in [0.4, 0.5) is 9.18 Å². The van der Waals surface area contributed by atoms with Gasteiger partial charge in [-0.2, -0.15) is 0 Å². The second kappa shape index (κ2) is 10.5. The van der Waals surface area contributed by atoms with Crippen molar-refractivity contribution < 1.29 is 23.5 Å². The van der Waals surface area contributed by atoms with Crippen molar-refractivity contribution in [1.82, 2.24) is 5.32 Å². The number of ether oxygens (including phenoxy) is 2. The van der Waals surface area contributed by atoms with Crippen LogP contribution in [0.5, 0.6) is 0 Å². The number of carbonyl (C=O) groups is 2. The maximum absolute atomic E-state index is 13.6. The fourth-order valence-electron chi connectivity index (χ4n) is 6.76. The Labute approximate surface area is 212 Å². The van der Waals surface area contributed by atoms with Gasteiger partial charge in [-0.1, -0.05) is 48.6 Å². The molecule has 0 radical (unpaired) electrons. The molecule has 2 aromatic carbocycles. The van der Waals surface area contributed by atoms with Crippen LogP contribution in [0.2, 0.25) is 0 Å². The number of fused-ring (bicyclic) bond motifs is 2. The van der Waals surface area contributed by atoms with E-state index in [0.717, 1.165) is 42.4 Å². The quantitative estimate of drug-likeness (QED) is 0.503. The Morgan fingerprint density at radius 3 is 2.69 bits per heavy atom. The van der Waals surface area contributed by atoms with Gasteiger partial charge >= 0.3 is 12.1 Å². The second-order valence-electron chi connectivity index (χ2n) is 10.4. The lowest BCUT2D eigenvalue weighted by Crippen LogP contribution is -2.48. The number of allylic oxidation sites excluding steroid dienone is 1. The number of hydrogen-bond acceptors (Lipinski definition) is 4. The van der Waals surface area contributed by atoms with Crippen molar-refractivity contribution in [2.24, 2.45) is 29.6 Å². The van der Waals surface area contributed by atoms with E-state index < -0.39 is 0 Å². The second-order valence-corrected chi connectivity index (χ2v) is 10.4. The monoisotopic (exact) mass is 491 g/mol. The molecular formula is C30H34FNO4. The summed E-state index contributed by atoms with van der Waals surface area (Å²) in [6.07, 6.45) is 7.58. The number of halogens is 1. The molecule has 0 aromatic heterocycles. The van der Waals surface area contributed by atoms with Crippen LogP contribution in [-0.4, -0.2) is 30.8 Å². The molecule has 1 heterocycles. The zero-order valence-electron chi connectivity index (χ0n) is 20.9. The van der Waals surface area contributed by atoms with Crippen LogP contribution >= 0.6 is 0 Å². The molecule has 0 unspecified atom stereocenters. The molecule has 190 valence electrons. The highest BCUT2D eigenvalue weighted by Gasteiger charge is 2.54. The smallest absolute Gasteiger partial charge is 0.407 e. The third-order valence-electron chi connectivity index (χ3n) is 8.33. The Kier molecular flexibility index (Phi) is 7.13. The highest BCUT2D eigenvalue weighted by atomic mass is 19.1. The first-order chi connectivity index (χ1) is 17.4. The van der Waals surface area contributed by atoms with Crippen molar-refractivity contribution >= 4 is 18.1 Å². The number of alkyl carbamates (subject to hydrolysis) is 1. The Balaban J connectivity index is 1.34. The standard InChI is InChI=1S/C30H34FNO4/c1-3-35-30(34)32-24-12-14-25-22(16-24)17-27-28(18(2)36-29(27)33)26(25)13-9-19-7-10-20(11-8-19)21-5-4-6-23(31)15-21/h4-11,13,15,18,22,24-28H,3,12,14,16-17H2,1-2H3,(H,32,34)/b13-9+/t18-,22+,24-,25-,26+,27-,28+/m1/s1. The molecule has 6 heteroatoms. The zero-order chi connectivity index (χ0) is 25.2. The first-order valence-electron chi connectivity index (χ1n) is 13.1. The minimum Gasteiger partial charge on any atom is -0.462 e. The van der Waals surface area contributed by atoms with Crippen LogP contribution in [0.1, 0.15) is 45.1 Å². The van der Waals surface area contributed by atoms with Gasteiger partial charge in [-0.3, -0.25) is 4.79 Å². The molecule has 7 atom stereocenters. The number of cyclic esters (lactones) is 1. The predicted molar refractivity (Wildman–Crippen MR) is 136 cm³/mol. The first kappa shape index (κ1) is 24.5. The Bertz CT molecular complexity index is 1130. The number of amides is 1. The molecule has 0 bridgehead atoms. The summed E-state index contributed by atoms with van der Waals surface area (Å²) in [4.78, 5) is 24.7. The lowest BCUT2D eigenvalue weighted by molar-refractivity contribution is -0.144. The van der Waals surface area contributed by atoms with Gasteiger partial charge < -0.3 is 14.8 Å². The van der Waals surface area contributed by atoms with Crippen LogP contribution in [0.3, 0.4) is 0 Å². The number of benzene rings is 2. The van der Waals surface area contributed by atoms with E-state index in [1.807, 2.05) is 25.1 Å². The fraction of sp³-hybridized carbons (Fsp3) is 0.467. The van der Waals surface area contributed by atoms with Gasteiger partial charge in [0.1, 0.15) is 11.9 Å². The van der Waals surface area contributed by atoms with Crippen molar-refractivity contribution in [3.05, 3.63) is 66.0 Å². The minimum atomic E-state index is -0.360. The van der Waals surface area contributed by atoms with Gasteiger partial charge in [0.15, 0.2) is 0 Å². The van der Waals surface area contributed by atoms with E-state index in [1.54, 1.807) is 19.1 Å². The molecular weight excluding hydrogens is 457 g/mol. The summed E-state index contributed by atoms with van der Waals surface area (Å²) < 4.78 is 24.4. The third kappa shape index (κ3) is 5.04. The number of nitrogens with one attached hydrogen (secondary N) is 1. The number of carbonyl (C=O) groups excluding carboxylic acids is 2. The molecule has 1 saturated heterocycles. The van der Waals surface area contributed by atoms with E-state index in [1.165, 1.54) is 6.07 Å². The molecule has 3 fully saturated rings. The normalized spacial score (nSPS) is 31.4. The van der Waals surface area contributed by atoms with Crippen LogP contribution in [-0.2, 0) is 14.3 Å². The summed E-state index contributed by atoms with van der Waals surface area (Å²) in [5.74, 6) is 0.809. The summed E-state index contributed by atoms with van der Waals surface area (Å²) in [6.45, 7) is 4.18. The molecule has 5 rings (SSSR count). The third-order valence-corrected chi connectivity index (χ3v) is 8.33. The fourth-order valence-corrected chi connectivity index (χ4v) is 6.76. The zero-order valence-corrected chi connectivity index (χ0v) is 20.9. The number of esters is 1. The molecule has 3 aliphatic rings. The average molecular weight is 492 g/mol. The van der Waals surface area contributed by atoms with Crippen LogP contribution in [0, 0.1) is 35.4 Å². The molecule has 1 N–H and O–H groups in total. The molecule has 2 aliphatic carbocycles. The highest BCUT2D eigenvalue weighted by Crippen LogP contribution is 2.53. The minimum absolute atomic E-state index is 0.0794. The molecule has 36 heavy (non-hydrogen) atoms. The summed E-state index contributed by atoms with van der Waals surface area (Å²) in [5, 5.41) is 3.01. The molecule has 0 spiro atoms. The summed E-state index contributed by atoms with van der Waals surface area (Å²) in [7, 11) is 0. The number of hydrogen-bond donors (Lipinski definition) is 1. The maximum atomic E-state index is 13.6. The van der Waals surface area contributed by atoms with Crippen molar-refractivity contribution in [2.45, 2.75) is 51.7 Å². The molecule has 5 nitrogen and oxygen atoms in total. The lowest BCUT2D eigenvalue weighted by Gasteiger charge is -2.47. The Morgan fingerprint density at radius 1 is 1.14 bits per heavy atom. The summed E-state index contributed by atoms with van der Waals surface area (Å²) in [6, 6.07) is 14.8. The van der Waals surface area contributed by atoms with Crippen LogP contribution in [0.25, 0.3) is 17.2 Å². The SMILES string of the molecule is CCOC(=O)N[C@@H]1CC[C@@H]2[C@@H](C1)C[C@H]1C(=O)O[C@H](C)[C@H]1[C@H]2/C=C/c1ccc(-c2cccc(F)c2)cc1. The van der Waals surface area contributed by atoms with Gasteiger partial charge in [-0.05, 0) is 86.1 Å². The summed E-state index contributed by atoms with van der Waals surface area (Å²) in [5.41, 5.74) is 2.90. The van der Waals surface area contributed by atoms with E-state index in [0.29, 0.717) is 18.4 Å². The molecule has 1 aliphatic heterocycles. The van der Waals surface area contributed by atoms with E-state index in [4.69, 9.17) is 9.47 Å². The predicted octanol–water partition coefficient (Wildman–Crippen LogP) is 6.23. The van der Waals surface area contributed by atoms with Crippen molar-refractivity contribution in [1.29, 1.82) is 0 Å². The van der Waals surface area contributed by atoms with Crippen molar-refractivity contribution in [3.8, 4) is 11.1 Å². The first-order valence-corrected chi connectivity index (χ1v) is 13.1. The van der Waals surface area contributed by atoms with Gasteiger partial charge in [0, 0.05) is 12.0 Å². The Morgan fingerprint density at radius 2 is 1.94 bits per heavy atom. The highest BCUT2D eigenvalue weighted by molar-refractivity contribution is 5.76. The van der Waals surface area contributed by atoms with E-state index in [9.17, 15) is 14.0 Å². The van der Waals surface area contributed by atoms with E-state index in [-0.39, 0.29) is 47.8 Å². The molecule has 2 aromatic rings. The van der Waals surface area contributed by atoms with E-state index in [2.05, 4.69) is 29.6 Å². The maximum Gasteiger partial charge on any atom is 0.407 e. The molecule has 1 amide bonds. The van der Waals surface area contributed by atoms with Crippen LogP contribution in [0.15, 0.2) is 54.6 Å². The largest absolute Gasteiger partial charge is 0.462 e. The molecule has 2 saturated carbocycles. The average Bonchev–Trinajstić information content (AvgIpc) is 3.15. The van der Waals surface area contributed by atoms with Crippen molar-refractivity contribution in [2.75, 3.05) is 6.61 Å².